The molecule has 0 saturated heterocycles. The molecule has 0 bridgehead atoms. The fourth-order valence-corrected chi connectivity index (χ4v) is 0.410. The Bertz CT molecular complexity index is 50.0. The third kappa shape index (κ3) is 2.66. The van der Waals surface area contributed by atoms with E-state index in [0.717, 1.165) is 0 Å². The highest BCUT2D eigenvalue weighted by Gasteiger charge is 1.95. The summed E-state index contributed by atoms with van der Waals surface area (Å²) < 4.78 is 0. The van der Waals surface area contributed by atoms with Crippen molar-refractivity contribution in [1.29, 1.82) is 0 Å². The van der Waals surface area contributed by atoms with E-state index in [9.17, 15) is 0 Å². The molecule has 0 fully saturated rings. The molecule has 1 atom stereocenters. The van der Waals surface area contributed by atoms with Crippen LogP contribution in [0.2, 0.25) is 0 Å². The highest BCUT2D eigenvalue weighted by molar-refractivity contribution is 6.18. The number of halogens is 1. The lowest BCUT2D eigenvalue weighted by atomic mass is 10.2. The first-order chi connectivity index (χ1) is 3.35. The molecule has 0 radical (unpaired) electrons. The first kappa shape index (κ1) is 6.99. The van der Waals surface area contributed by atoms with Crippen LogP contribution in [0.4, 0.5) is 0 Å². The van der Waals surface area contributed by atoms with Gasteiger partial charge in [0.25, 0.3) is 0 Å². The zero-order valence-corrected chi connectivity index (χ0v) is 4.86. The van der Waals surface area contributed by atoms with E-state index in [0.29, 0.717) is 5.88 Å². The molecule has 0 aromatic carbocycles. The van der Waals surface area contributed by atoms with E-state index < -0.39 is 0 Å². The van der Waals surface area contributed by atoms with Gasteiger partial charge in [0.2, 0.25) is 0 Å². The summed E-state index contributed by atoms with van der Waals surface area (Å²) in [6, 6.07) is 0. The fraction of sp³-hybridized carbons (Fsp3) is 0.600. The molecular weight excluding hydrogens is 112 g/mol. The molecule has 1 N–H and O–H groups in total. The highest BCUT2D eigenvalue weighted by atomic mass is 35.5. The van der Waals surface area contributed by atoms with E-state index >= 15 is 0 Å². The highest BCUT2D eigenvalue weighted by Crippen LogP contribution is 1.96. The number of rotatable bonds is 3. The van der Waals surface area contributed by atoms with Crippen molar-refractivity contribution in [2.75, 3.05) is 12.5 Å². The van der Waals surface area contributed by atoms with Crippen molar-refractivity contribution in [3.05, 3.63) is 12.7 Å². The molecule has 0 aromatic heterocycles. The Kier molecular flexibility index (Phi) is 4.15. The third-order valence-electron chi connectivity index (χ3n) is 0.766. The van der Waals surface area contributed by atoms with Gasteiger partial charge in [-0.2, -0.15) is 0 Å². The van der Waals surface area contributed by atoms with E-state index in [1.54, 1.807) is 6.08 Å². The minimum Gasteiger partial charge on any atom is -0.396 e. The third-order valence-corrected chi connectivity index (χ3v) is 1.16. The second-order valence-corrected chi connectivity index (χ2v) is 1.64. The van der Waals surface area contributed by atoms with Crippen molar-refractivity contribution in [3.63, 3.8) is 0 Å². The summed E-state index contributed by atoms with van der Waals surface area (Å²) in [6.07, 6.45) is 1.65. The Hall–Kier alpha value is -0.0100. The Labute approximate surface area is 48.6 Å². The molecule has 0 aromatic rings. The van der Waals surface area contributed by atoms with Crippen molar-refractivity contribution in [1.82, 2.24) is 0 Å². The maximum atomic E-state index is 8.37. The van der Waals surface area contributed by atoms with Crippen LogP contribution in [0.5, 0.6) is 0 Å². The lowest BCUT2D eigenvalue weighted by molar-refractivity contribution is 0.263. The summed E-state index contributed by atoms with van der Waals surface area (Å²) in [5.41, 5.74) is 0. The van der Waals surface area contributed by atoms with Crippen LogP contribution in [0.25, 0.3) is 0 Å². The molecule has 42 valence electrons. The summed E-state index contributed by atoms with van der Waals surface area (Å²) in [5.74, 6) is 0.529. The minimum atomic E-state index is 0.0710. The molecule has 1 unspecified atom stereocenters. The number of aliphatic hydroxyl groups excluding tert-OH is 1. The number of hydrogen-bond acceptors (Lipinski definition) is 1. The van der Waals surface area contributed by atoms with E-state index in [1.165, 1.54) is 0 Å². The molecule has 0 amide bonds. The van der Waals surface area contributed by atoms with Gasteiger partial charge in [-0.05, 0) is 0 Å². The van der Waals surface area contributed by atoms with Gasteiger partial charge in [-0.25, -0.2) is 0 Å². The summed E-state index contributed by atoms with van der Waals surface area (Å²) >= 11 is 5.34. The quantitative estimate of drug-likeness (QED) is 0.436. The molecule has 0 aliphatic rings. The predicted molar refractivity (Wildman–Crippen MR) is 31.5 cm³/mol. The maximum absolute atomic E-state index is 8.37. The molecule has 0 aliphatic heterocycles. The summed E-state index contributed by atoms with van der Waals surface area (Å²) in [5, 5.41) is 8.37. The summed E-state index contributed by atoms with van der Waals surface area (Å²) in [4.78, 5) is 0. The van der Waals surface area contributed by atoms with Crippen molar-refractivity contribution in [3.8, 4) is 0 Å². The van der Waals surface area contributed by atoms with Crippen LogP contribution >= 0.6 is 11.6 Å². The molecule has 7 heavy (non-hydrogen) atoms. The van der Waals surface area contributed by atoms with Gasteiger partial charge in [0.1, 0.15) is 0 Å². The van der Waals surface area contributed by atoms with Gasteiger partial charge in [-0.3, -0.25) is 0 Å². The second kappa shape index (κ2) is 4.16. The van der Waals surface area contributed by atoms with E-state index in [2.05, 4.69) is 6.58 Å². The van der Waals surface area contributed by atoms with Gasteiger partial charge in [-0.15, -0.1) is 18.2 Å². The van der Waals surface area contributed by atoms with Crippen LogP contribution in [0.1, 0.15) is 0 Å². The lowest BCUT2D eigenvalue weighted by Crippen LogP contribution is -2.02. The van der Waals surface area contributed by atoms with Crippen molar-refractivity contribution < 1.29 is 5.11 Å². The predicted octanol–water partition coefficient (Wildman–Crippen LogP) is 1.02. The number of alkyl halides is 1. The van der Waals surface area contributed by atoms with Crippen molar-refractivity contribution in [2.24, 2.45) is 5.92 Å². The van der Waals surface area contributed by atoms with Gasteiger partial charge in [0.15, 0.2) is 0 Å². The van der Waals surface area contributed by atoms with Crippen LogP contribution in [0.3, 0.4) is 0 Å². The van der Waals surface area contributed by atoms with Crippen molar-refractivity contribution >= 4 is 11.6 Å². The molecule has 0 rings (SSSR count). The summed E-state index contributed by atoms with van der Waals surface area (Å²) in [6.45, 7) is 3.56. The molecule has 1 nitrogen and oxygen atoms in total. The Morgan fingerprint density at radius 1 is 1.86 bits per heavy atom. The van der Waals surface area contributed by atoms with Gasteiger partial charge >= 0.3 is 0 Å². The standard InChI is InChI=1S/C5H9ClO/c1-2-5(3-6)4-7/h2,5,7H,1,3-4H2. The monoisotopic (exact) mass is 120 g/mol. The van der Waals surface area contributed by atoms with Gasteiger partial charge in [0, 0.05) is 11.8 Å². The SMILES string of the molecule is C=CC(CO)CCl. The number of hydrogen-bond donors (Lipinski definition) is 1. The van der Waals surface area contributed by atoms with Crippen LogP contribution in [-0.2, 0) is 0 Å². The van der Waals surface area contributed by atoms with Crippen molar-refractivity contribution in [2.45, 2.75) is 0 Å². The second-order valence-electron chi connectivity index (χ2n) is 1.33. The Morgan fingerprint density at radius 3 is 2.43 bits per heavy atom. The van der Waals surface area contributed by atoms with Crippen LogP contribution in [-0.4, -0.2) is 17.6 Å². The minimum absolute atomic E-state index is 0.0710. The Balaban J connectivity index is 3.16. The molecule has 0 heterocycles. The average molecular weight is 121 g/mol. The molecule has 2 heteroatoms. The first-order valence-electron chi connectivity index (χ1n) is 2.14. The maximum Gasteiger partial charge on any atom is 0.0505 e. The topological polar surface area (TPSA) is 20.2 Å². The van der Waals surface area contributed by atoms with Crippen LogP contribution < -0.4 is 0 Å². The Morgan fingerprint density at radius 2 is 2.43 bits per heavy atom. The molecule has 0 saturated carbocycles. The normalized spacial score (nSPS) is 13.4. The largest absolute Gasteiger partial charge is 0.396 e. The van der Waals surface area contributed by atoms with E-state index in [1.807, 2.05) is 0 Å². The molecule has 0 spiro atoms. The van der Waals surface area contributed by atoms with Gasteiger partial charge in [-0.1, -0.05) is 6.08 Å². The lowest BCUT2D eigenvalue weighted by Gasteiger charge is -1.98. The zero-order valence-electron chi connectivity index (χ0n) is 4.10. The average Bonchev–Trinajstić information content (AvgIpc) is 1.72. The smallest absolute Gasteiger partial charge is 0.0505 e. The van der Waals surface area contributed by atoms with Crippen LogP contribution in [0, 0.1) is 5.92 Å². The van der Waals surface area contributed by atoms with Gasteiger partial charge in [0.05, 0.1) is 6.61 Å². The first-order valence-corrected chi connectivity index (χ1v) is 2.68. The van der Waals surface area contributed by atoms with E-state index in [4.69, 9.17) is 16.7 Å². The zero-order chi connectivity index (χ0) is 5.70. The van der Waals surface area contributed by atoms with E-state index in [-0.39, 0.29) is 12.5 Å². The molecule has 0 aliphatic carbocycles. The van der Waals surface area contributed by atoms with Crippen LogP contribution in [0.15, 0.2) is 12.7 Å². The van der Waals surface area contributed by atoms with Gasteiger partial charge < -0.3 is 5.11 Å². The molecular formula is C5H9ClO. The number of aliphatic hydroxyl groups is 1. The summed E-state index contributed by atoms with van der Waals surface area (Å²) in [7, 11) is 0. The fourth-order valence-electron chi connectivity index (χ4n) is 0.186.